The molecule has 1 heterocycles. The molecular weight excluding hydrogens is 220 g/mol. The van der Waals surface area contributed by atoms with Crippen molar-refractivity contribution in [2.24, 2.45) is 12.5 Å². The van der Waals surface area contributed by atoms with E-state index in [1.165, 1.54) is 0 Å². The topological polar surface area (TPSA) is 54.5 Å². The van der Waals surface area contributed by atoms with Crippen LogP contribution in [0.2, 0.25) is 0 Å². The average molecular weight is 238 g/mol. The third-order valence-corrected chi connectivity index (χ3v) is 3.52. The summed E-state index contributed by atoms with van der Waals surface area (Å²) in [6.07, 6.45) is 4.87. The summed E-state index contributed by atoms with van der Waals surface area (Å²) in [5.74, 6) is 1.04. The van der Waals surface area contributed by atoms with Gasteiger partial charge in [-0.1, -0.05) is 18.2 Å². The lowest BCUT2D eigenvalue weighted by molar-refractivity contribution is 0.433. The smallest absolute Gasteiger partial charge is 0.190 e. The number of nitriles is 1. The van der Waals surface area contributed by atoms with Gasteiger partial charge in [-0.2, -0.15) is 5.26 Å². The highest BCUT2D eigenvalue weighted by molar-refractivity contribution is 7.99. The van der Waals surface area contributed by atoms with E-state index in [-0.39, 0.29) is 5.41 Å². The first-order chi connectivity index (χ1) is 7.55. The van der Waals surface area contributed by atoms with Crippen LogP contribution in [0.3, 0.4) is 0 Å². The molecule has 1 rings (SSSR count). The largest absolute Gasteiger partial charge is 0.312 e. The Morgan fingerprint density at radius 3 is 2.81 bits per heavy atom. The van der Waals surface area contributed by atoms with Crippen LogP contribution in [0.15, 0.2) is 11.5 Å². The summed E-state index contributed by atoms with van der Waals surface area (Å²) in [7, 11) is 1.95. The van der Waals surface area contributed by atoms with Crippen molar-refractivity contribution in [3.05, 3.63) is 6.33 Å². The molecule has 16 heavy (non-hydrogen) atoms. The summed E-state index contributed by atoms with van der Waals surface area (Å²) in [5, 5.41) is 17.6. The number of thioether (sulfide) groups is 1. The highest BCUT2D eigenvalue weighted by Gasteiger charge is 2.15. The van der Waals surface area contributed by atoms with E-state index in [0.717, 1.165) is 30.2 Å². The van der Waals surface area contributed by atoms with Gasteiger partial charge in [0.1, 0.15) is 6.33 Å². The predicted molar refractivity (Wildman–Crippen MR) is 65.0 cm³/mol. The van der Waals surface area contributed by atoms with Gasteiger partial charge in [-0.05, 0) is 26.7 Å². The van der Waals surface area contributed by atoms with Crippen LogP contribution in [0.5, 0.6) is 0 Å². The van der Waals surface area contributed by atoms with Gasteiger partial charge in [0, 0.05) is 12.8 Å². The second kappa shape index (κ2) is 5.90. The third kappa shape index (κ3) is 4.23. The van der Waals surface area contributed by atoms with Crippen molar-refractivity contribution in [2.75, 3.05) is 5.75 Å². The molecule has 5 heteroatoms. The molecule has 0 unspecified atom stereocenters. The molecule has 0 aromatic carbocycles. The second-order valence-electron chi connectivity index (χ2n) is 4.53. The lowest BCUT2D eigenvalue weighted by Crippen LogP contribution is -2.07. The van der Waals surface area contributed by atoms with Crippen molar-refractivity contribution in [3.8, 4) is 6.07 Å². The SMILES string of the molecule is Cn1cnnc1SCCCCC(C)(C)C#N. The van der Waals surface area contributed by atoms with Gasteiger partial charge in [-0.15, -0.1) is 10.2 Å². The Hall–Kier alpha value is -1.02. The van der Waals surface area contributed by atoms with Gasteiger partial charge in [-0.3, -0.25) is 0 Å². The molecule has 1 aromatic heterocycles. The third-order valence-electron chi connectivity index (χ3n) is 2.40. The van der Waals surface area contributed by atoms with E-state index in [2.05, 4.69) is 16.3 Å². The van der Waals surface area contributed by atoms with E-state index in [4.69, 9.17) is 5.26 Å². The number of rotatable bonds is 6. The lowest BCUT2D eigenvalue weighted by atomic mass is 9.89. The van der Waals surface area contributed by atoms with Gasteiger partial charge in [0.2, 0.25) is 0 Å². The van der Waals surface area contributed by atoms with E-state index in [9.17, 15) is 0 Å². The molecule has 0 atom stereocenters. The summed E-state index contributed by atoms with van der Waals surface area (Å²) in [5.41, 5.74) is -0.185. The Balaban J connectivity index is 2.14. The Morgan fingerprint density at radius 1 is 1.50 bits per heavy atom. The van der Waals surface area contributed by atoms with Crippen molar-refractivity contribution in [3.63, 3.8) is 0 Å². The maximum atomic E-state index is 8.86. The molecule has 4 nitrogen and oxygen atoms in total. The Bertz CT molecular complexity index is 364. The number of aromatic nitrogens is 3. The van der Waals surface area contributed by atoms with E-state index < -0.39 is 0 Å². The maximum absolute atomic E-state index is 8.86. The fourth-order valence-corrected chi connectivity index (χ4v) is 2.18. The fraction of sp³-hybridized carbons (Fsp3) is 0.727. The molecule has 0 fully saturated rings. The van der Waals surface area contributed by atoms with Gasteiger partial charge in [0.05, 0.1) is 11.5 Å². The van der Waals surface area contributed by atoms with Crippen LogP contribution in [0.1, 0.15) is 33.1 Å². The first kappa shape index (κ1) is 13.0. The van der Waals surface area contributed by atoms with Crippen molar-refractivity contribution in [1.82, 2.24) is 14.8 Å². The summed E-state index contributed by atoms with van der Waals surface area (Å²) in [6, 6.07) is 2.32. The van der Waals surface area contributed by atoms with E-state index in [0.29, 0.717) is 0 Å². The minimum absolute atomic E-state index is 0.185. The molecule has 0 amide bonds. The molecule has 0 aliphatic rings. The normalized spacial score (nSPS) is 11.4. The lowest BCUT2D eigenvalue weighted by Gasteiger charge is -2.13. The van der Waals surface area contributed by atoms with Gasteiger partial charge in [0.25, 0.3) is 0 Å². The molecule has 0 saturated carbocycles. The number of nitrogens with zero attached hydrogens (tertiary/aromatic N) is 4. The summed E-state index contributed by atoms with van der Waals surface area (Å²) in [6.45, 7) is 3.98. The van der Waals surface area contributed by atoms with Gasteiger partial charge in [-0.25, -0.2) is 0 Å². The van der Waals surface area contributed by atoms with Crippen LogP contribution in [0.25, 0.3) is 0 Å². The molecule has 0 saturated heterocycles. The Morgan fingerprint density at radius 2 is 2.25 bits per heavy atom. The Kier molecular flexibility index (Phi) is 4.81. The maximum Gasteiger partial charge on any atom is 0.190 e. The van der Waals surface area contributed by atoms with Crippen LogP contribution in [-0.2, 0) is 7.05 Å². The van der Waals surface area contributed by atoms with E-state index in [1.54, 1.807) is 18.1 Å². The van der Waals surface area contributed by atoms with Crippen molar-refractivity contribution in [2.45, 2.75) is 38.3 Å². The van der Waals surface area contributed by atoms with Crippen LogP contribution < -0.4 is 0 Å². The average Bonchev–Trinajstić information content (AvgIpc) is 2.64. The number of hydrogen-bond acceptors (Lipinski definition) is 4. The molecule has 0 aliphatic carbocycles. The highest BCUT2D eigenvalue weighted by Crippen LogP contribution is 2.23. The minimum Gasteiger partial charge on any atom is -0.312 e. The number of hydrogen-bond donors (Lipinski definition) is 0. The first-order valence-corrected chi connectivity index (χ1v) is 6.42. The van der Waals surface area contributed by atoms with Crippen molar-refractivity contribution >= 4 is 11.8 Å². The van der Waals surface area contributed by atoms with Crippen LogP contribution in [-0.4, -0.2) is 20.5 Å². The molecule has 0 radical (unpaired) electrons. The zero-order valence-corrected chi connectivity index (χ0v) is 10.9. The highest BCUT2D eigenvalue weighted by atomic mass is 32.2. The van der Waals surface area contributed by atoms with Crippen LogP contribution >= 0.6 is 11.8 Å². The molecule has 0 aliphatic heterocycles. The first-order valence-electron chi connectivity index (χ1n) is 5.43. The molecule has 0 bridgehead atoms. The summed E-state index contributed by atoms with van der Waals surface area (Å²) >= 11 is 1.72. The van der Waals surface area contributed by atoms with Gasteiger partial charge >= 0.3 is 0 Å². The summed E-state index contributed by atoms with van der Waals surface area (Å²) in [4.78, 5) is 0. The monoisotopic (exact) mass is 238 g/mol. The van der Waals surface area contributed by atoms with Gasteiger partial charge in [0.15, 0.2) is 5.16 Å². The predicted octanol–water partition coefficient (Wildman–Crippen LogP) is 2.63. The molecule has 1 aromatic rings. The second-order valence-corrected chi connectivity index (χ2v) is 5.59. The van der Waals surface area contributed by atoms with E-state index >= 15 is 0 Å². The number of unbranched alkanes of at least 4 members (excludes halogenated alkanes) is 1. The van der Waals surface area contributed by atoms with E-state index in [1.807, 2.05) is 25.5 Å². The molecule has 0 spiro atoms. The Labute approximate surface area is 101 Å². The standard InChI is InChI=1S/C11H18N4S/c1-11(2,8-12)6-4-5-7-16-10-14-13-9-15(10)3/h9H,4-7H2,1-3H3. The number of aryl methyl sites for hydroxylation is 1. The zero-order chi connectivity index (χ0) is 12.0. The van der Waals surface area contributed by atoms with Crippen molar-refractivity contribution < 1.29 is 0 Å². The van der Waals surface area contributed by atoms with Crippen LogP contribution in [0.4, 0.5) is 0 Å². The minimum atomic E-state index is -0.185. The summed E-state index contributed by atoms with van der Waals surface area (Å²) < 4.78 is 1.92. The zero-order valence-electron chi connectivity index (χ0n) is 10.1. The van der Waals surface area contributed by atoms with Crippen LogP contribution in [0, 0.1) is 16.7 Å². The molecule has 88 valence electrons. The van der Waals surface area contributed by atoms with Gasteiger partial charge < -0.3 is 4.57 Å². The molecule has 0 N–H and O–H groups in total. The molecular formula is C11H18N4S. The fourth-order valence-electron chi connectivity index (χ4n) is 1.29. The quantitative estimate of drug-likeness (QED) is 0.564. The van der Waals surface area contributed by atoms with Crippen molar-refractivity contribution in [1.29, 1.82) is 5.26 Å².